The predicted molar refractivity (Wildman–Crippen MR) is 54.6 cm³/mol. The van der Waals surface area contributed by atoms with Crippen LogP contribution in [0, 0.1) is 53.8 Å². The van der Waals surface area contributed by atoms with Crippen LogP contribution in [0.15, 0.2) is 28.7 Å². The number of hydrogen-bond acceptors (Lipinski definition) is 1. The summed E-state index contributed by atoms with van der Waals surface area (Å²) in [5, 5.41) is 0. The minimum Gasteiger partial charge on any atom is -0.542 e. The molecule has 1 rings (SSSR count). The molecule has 0 bridgehead atoms. The monoisotopic (exact) mass is 400 g/mol. The number of halogens is 1. The molecular formula is C10H11BrOYb. The summed E-state index contributed by atoms with van der Waals surface area (Å²) in [5.41, 5.74) is 1.28. The zero-order valence-electron chi connectivity index (χ0n) is 7.28. The summed E-state index contributed by atoms with van der Waals surface area (Å²) in [5.74, 6) is 0. The molecule has 13 heavy (non-hydrogen) atoms. The third kappa shape index (κ3) is 9.20. The van der Waals surface area contributed by atoms with Gasteiger partial charge in [-0.15, -0.1) is 0 Å². The Bertz CT molecular complexity index is 221. The average molecular weight is 400 g/mol. The van der Waals surface area contributed by atoms with Crippen molar-refractivity contribution < 1.29 is 51.7 Å². The largest absolute Gasteiger partial charge is 2.00 e. The molecule has 0 fully saturated rings. The van der Waals surface area contributed by atoms with Gasteiger partial charge in [0, 0.05) is 4.47 Å². The van der Waals surface area contributed by atoms with E-state index in [1.165, 1.54) is 18.8 Å². The Hall–Kier alpha value is 0.889. The van der Waals surface area contributed by atoms with Gasteiger partial charge in [-0.2, -0.15) is 13.3 Å². The zero-order chi connectivity index (χ0) is 9.40. The average Bonchev–Trinajstić information content (AvgIpc) is 2.07. The van der Waals surface area contributed by atoms with Crippen LogP contribution in [0.1, 0.15) is 12.5 Å². The van der Waals surface area contributed by atoms with Crippen molar-refractivity contribution >= 4 is 22.2 Å². The fourth-order valence-corrected chi connectivity index (χ4v) is 0.915. The molecule has 0 amide bonds. The van der Waals surface area contributed by atoms with E-state index in [1.54, 1.807) is 0 Å². The molecule has 0 aliphatic rings. The molecule has 0 radical (unpaired) electrons. The molecule has 0 saturated carbocycles. The minimum atomic E-state index is 0. The molecule has 0 unspecified atom stereocenters. The molecule has 0 spiro atoms. The molecule has 0 aliphatic carbocycles. The first-order valence-electron chi connectivity index (χ1n) is 3.57. The van der Waals surface area contributed by atoms with Crippen molar-refractivity contribution in [2.24, 2.45) is 0 Å². The molecular weight excluding hydrogens is 389 g/mol. The van der Waals surface area contributed by atoms with Gasteiger partial charge in [0.1, 0.15) is 0 Å². The molecule has 0 saturated heterocycles. The number of rotatable bonds is 1. The van der Waals surface area contributed by atoms with Crippen LogP contribution in [-0.2, 0) is 11.2 Å². The van der Waals surface area contributed by atoms with E-state index >= 15 is 0 Å². The van der Waals surface area contributed by atoms with Crippen molar-refractivity contribution in [2.75, 3.05) is 0 Å². The summed E-state index contributed by atoms with van der Waals surface area (Å²) < 4.78 is 1.12. The maximum absolute atomic E-state index is 8.68. The van der Waals surface area contributed by atoms with Gasteiger partial charge < -0.3 is 11.7 Å². The second kappa shape index (κ2) is 11.0. The van der Waals surface area contributed by atoms with Gasteiger partial charge in [0.2, 0.25) is 0 Å². The van der Waals surface area contributed by atoms with E-state index in [0.29, 0.717) is 0 Å². The molecule has 0 atom stereocenters. The van der Waals surface area contributed by atoms with Gasteiger partial charge in [-0.05, 0) is 12.1 Å². The quantitative estimate of drug-likeness (QED) is 0.663. The van der Waals surface area contributed by atoms with Crippen molar-refractivity contribution in [3.05, 3.63) is 41.2 Å². The summed E-state index contributed by atoms with van der Waals surface area (Å²) in [6.45, 7) is 5.09. The van der Waals surface area contributed by atoms with E-state index in [0.717, 1.165) is 10.9 Å². The fraction of sp³-hybridized carbons (Fsp3) is 0.200. The van der Waals surface area contributed by atoms with Crippen LogP contribution in [0.3, 0.4) is 0 Å². The van der Waals surface area contributed by atoms with E-state index in [-0.39, 0.29) is 46.9 Å². The molecule has 78 valence electrons. The fourth-order valence-electron chi connectivity index (χ4n) is 0.651. The summed E-state index contributed by atoms with van der Waals surface area (Å²) in [6, 6.07) is 8.19. The van der Waals surface area contributed by atoms with Gasteiger partial charge in [-0.25, -0.2) is 0 Å². The smallest absolute Gasteiger partial charge is 0.542 e. The van der Waals surface area contributed by atoms with Gasteiger partial charge in [0.25, 0.3) is 0 Å². The Kier molecular flexibility index (Phi) is 13.8. The Morgan fingerprint density at radius 2 is 1.77 bits per heavy atom. The number of hydrogen-bond donors (Lipinski definition) is 0. The molecule has 3 heteroatoms. The Labute approximate surface area is 127 Å². The molecule has 1 aromatic rings. The second-order valence-electron chi connectivity index (χ2n) is 2.08. The van der Waals surface area contributed by atoms with Crippen molar-refractivity contribution in [2.45, 2.75) is 13.3 Å². The third-order valence-electron chi connectivity index (χ3n) is 1.20. The summed E-state index contributed by atoms with van der Waals surface area (Å²) in [7, 11) is 0. The van der Waals surface area contributed by atoms with E-state index in [2.05, 4.69) is 35.0 Å². The van der Waals surface area contributed by atoms with Crippen molar-refractivity contribution in [3.8, 4) is 0 Å². The predicted octanol–water partition coefficient (Wildman–Crippen LogP) is 2.94. The van der Waals surface area contributed by atoms with Crippen molar-refractivity contribution in [1.82, 2.24) is 0 Å². The molecule has 0 heterocycles. The first kappa shape index (κ1) is 16.3. The molecule has 1 nitrogen and oxygen atoms in total. The normalized spacial score (nSPS) is 7.62. The van der Waals surface area contributed by atoms with Crippen LogP contribution in [0.25, 0.3) is 0 Å². The third-order valence-corrected chi connectivity index (χ3v) is 1.73. The van der Waals surface area contributed by atoms with Crippen LogP contribution in [0.2, 0.25) is 0 Å². The van der Waals surface area contributed by atoms with Gasteiger partial charge in [-0.1, -0.05) is 33.6 Å². The van der Waals surface area contributed by atoms with Crippen molar-refractivity contribution in [3.63, 3.8) is 0 Å². The Morgan fingerprint density at radius 1 is 1.38 bits per heavy atom. The summed E-state index contributed by atoms with van der Waals surface area (Å²) in [4.78, 5) is 8.68. The zero-order valence-corrected chi connectivity index (χ0v) is 10.6. The Morgan fingerprint density at radius 3 is 2.08 bits per heavy atom. The van der Waals surface area contributed by atoms with Crippen LogP contribution < -0.4 is 0 Å². The maximum Gasteiger partial charge on any atom is 2.00 e. The summed E-state index contributed by atoms with van der Waals surface area (Å²) >= 11 is 3.35. The second-order valence-corrected chi connectivity index (χ2v) is 3.00. The molecule has 0 N–H and O–H groups in total. The first-order chi connectivity index (χ1) is 5.74. The SMILES string of the molecule is C[C-]=O.[CH2-]Cc1ccc(Br)cc1.[Yb+2]. The van der Waals surface area contributed by atoms with Crippen LogP contribution in [-0.4, -0.2) is 6.29 Å². The van der Waals surface area contributed by atoms with Gasteiger partial charge in [-0.3, -0.25) is 6.29 Å². The minimum absolute atomic E-state index is 0. The van der Waals surface area contributed by atoms with E-state index in [4.69, 9.17) is 4.79 Å². The maximum atomic E-state index is 8.68. The topological polar surface area (TPSA) is 17.1 Å². The number of carbonyl (C=O) groups excluding carboxylic acids is 1. The molecule has 0 aromatic heterocycles. The van der Waals surface area contributed by atoms with E-state index in [9.17, 15) is 0 Å². The summed E-state index contributed by atoms with van der Waals surface area (Å²) in [6.07, 6.45) is 2.37. The van der Waals surface area contributed by atoms with E-state index < -0.39 is 0 Å². The van der Waals surface area contributed by atoms with Gasteiger partial charge in [0.05, 0.1) is 0 Å². The Balaban J connectivity index is 0. The first-order valence-corrected chi connectivity index (χ1v) is 4.36. The van der Waals surface area contributed by atoms with Crippen LogP contribution in [0.5, 0.6) is 0 Å². The molecule has 1 aromatic carbocycles. The van der Waals surface area contributed by atoms with Gasteiger partial charge in [0.15, 0.2) is 0 Å². The van der Waals surface area contributed by atoms with Crippen LogP contribution in [0.4, 0.5) is 0 Å². The van der Waals surface area contributed by atoms with Crippen molar-refractivity contribution in [1.29, 1.82) is 0 Å². The van der Waals surface area contributed by atoms with Crippen LogP contribution >= 0.6 is 15.9 Å². The number of benzene rings is 1. The van der Waals surface area contributed by atoms with E-state index in [1.807, 2.05) is 12.1 Å². The molecule has 0 aliphatic heterocycles. The van der Waals surface area contributed by atoms with Gasteiger partial charge >= 0.3 is 46.9 Å². The standard InChI is InChI=1S/C8H8Br.C2H3O.Yb/c1-2-7-3-5-8(9)6-4-7;1-2-3;/h3-6H,1-2H2;1H3;/q2*-1;+2.